The van der Waals surface area contributed by atoms with E-state index < -0.39 is 11.9 Å². The molecule has 3 rings (SSSR count). The highest BCUT2D eigenvalue weighted by atomic mass is 16.1. The molecular weight excluding hydrogens is 296 g/mol. The third kappa shape index (κ3) is 2.66. The number of aromatic nitrogens is 3. The maximum atomic E-state index is 11.9. The van der Waals surface area contributed by atoms with Gasteiger partial charge in [-0.2, -0.15) is 10.1 Å². The van der Waals surface area contributed by atoms with Crippen molar-refractivity contribution in [3.8, 4) is 0 Å². The fourth-order valence-electron chi connectivity index (χ4n) is 2.67. The predicted octanol–water partition coefficient (Wildman–Crippen LogP) is 1.01. The summed E-state index contributed by atoms with van der Waals surface area (Å²) in [7, 11) is 0. The van der Waals surface area contributed by atoms with Gasteiger partial charge in [0.25, 0.3) is 0 Å². The van der Waals surface area contributed by atoms with Crippen LogP contribution in [0.25, 0.3) is 0 Å². The van der Waals surface area contributed by atoms with Crippen molar-refractivity contribution in [2.45, 2.75) is 19.9 Å². The molecule has 2 aromatic rings. The smallest absolute Gasteiger partial charge is 0.248 e. The van der Waals surface area contributed by atoms with E-state index in [1.165, 1.54) is 13.3 Å². The molecule has 2 amide bonds. The lowest BCUT2D eigenvalue weighted by molar-refractivity contribution is -0.115. The van der Waals surface area contributed by atoms with Gasteiger partial charge in [-0.05, 0) is 24.6 Å². The second-order valence-electron chi connectivity index (χ2n) is 5.26. The van der Waals surface area contributed by atoms with Crippen LogP contribution in [0.2, 0.25) is 0 Å². The van der Waals surface area contributed by atoms with Gasteiger partial charge in [0, 0.05) is 18.3 Å². The van der Waals surface area contributed by atoms with Gasteiger partial charge < -0.3 is 16.4 Å². The van der Waals surface area contributed by atoms with Gasteiger partial charge in [0.05, 0.1) is 5.57 Å². The molecule has 0 spiro atoms. The molecular formula is C15H16N6O2. The average molecular weight is 312 g/mol. The van der Waals surface area contributed by atoms with Crippen LogP contribution in [-0.2, 0) is 9.59 Å². The summed E-state index contributed by atoms with van der Waals surface area (Å²) in [6, 6.07) is 6.72. The van der Waals surface area contributed by atoms with Crippen LogP contribution in [0.1, 0.15) is 25.5 Å². The molecule has 0 aliphatic carbocycles. The largest absolute Gasteiger partial charge is 0.366 e. The molecule has 1 aromatic carbocycles. The molecule has 1 aliphatic rings. The quantitative estimate of drug-likeness (QED) is 0.782. The predicted molar refractivity (Wildman–Crippen MR) is 84.4 cm³/mol. The normalized spacial score (nSPS) is 16.5. The summed E-state index contributed by atoms with van der Waals surface area (Å²) in [5.41, 5.74) is 8.12. The molecule has 118 valence electrons. The van der Waals surface area contributed by atoms with Crippen LogP contribution in [0.4, 0.5) is 11.6 Å². The Balaban J connectivity index is 2.05. The maximum absolute atomic E-state index is 11.9. The summed E-state index contributed by atoms with van der Waals surface area (Å²) in [6.45, 7) is 3.22. The summed E-state index contributed by atoms with van der Waals surface area (Å²) >= 11 is 0. The number of rotatable bonds is 3. The number of hydrogen-bond donors (Lipinski definition) is 3. The van der Waals surface area contributed by atoms with E-state index in [2.05, 4.69) is 20.7 Å². The number of nitrogens with one attached hydrogen (secondary N) is 2. The van der Waals surface area contributed by atoms with Crippen LogP contribution in [0.3, 0.4) is 0 Å². The minimum absolute atomic E-state index is 0.147. The van der Waals surface area contributed by atoms with E-state index >= 15 is 0 Å². The minimum atomic E-state index is -0.521. The van der Waals surface area contributed by atoms with Crippen molar-refractivity contribution in [2.75, 3.05) is 10.6 Å². The molecule has 0 saturated heterocycles. The van der Waals surface area contributed by atoms with E-state index in [1.54, 1.807) is 23.7 Å². The lowest BCUT2D eigenvalue weighted by atomic mass is 9.95. The molecule has 23 heavy (non-hydrogen) atoms. The SMILES string of the molecule is CC(=O)Nc1ccc([C@H]2C(C(N)=O)=C(C)Nc3ncnn32)cc1. The molecule has 1 aromatic heterocycles. The van der Waals surface area contributed by atoms with Crippen molar-refractivity contribution in [2.24, 2.45) is 5.73 Å². The zero-order valence-corrected chi connectivity index (χ0v) is 12.7. The van der Waals surface area contributed by atoms with Gasteiger partial charge in [-0.3, -0.25) is 9.59 Å². The number of amides is 2. The zero-order chi connectivity index (χ0) is 16.6. The number of anilines is 2. The molecule has 0 radical (unpaired) electrons. The number of fused-ring (bicyclic) bond motifs is 1. The minimum Gasteiger partial charge on any atom is -0.366 e. The van der Waals surface area contributed by atoms with E-state index in [0.29, 0.717) is 22.9 Å². The molecule has 0 unspecified atom stereocenters. The molecule has 0 bridgehead atoms. The van der Waals surface area contributed by atoms with Crippen molar-refractivity contribution in [1.82, 2.24) is 14.8 Å². The Morgan fingerprint density at radius 1 is 1.30 bits per heavy atom. The first-order valence-electron chi connectivity index (χ1n) is 7.02. The topological polar surface area (TPSA) is 115 Å². The summed E-state index contributed by atoms with van der Waals surface area (Å²) < 4.78 is 1.61. The van der Waals surface area contributed by atoms with Crippen LogP contribution in [0, 0.1) is 0 Å². The standard InChI is InChI=1S/C15H16N6O2/c1-8-12(14(16)23)13(21-15(19-8)17-7-18-21)10-3-5-11(6-4-10)20-9(2)22/h3-7,13H,1-2H3,(H2,16,23)(H,20,22)(H,17,18,19)/t13-/m0/s1. The number of carbonyl (C=O) groups excluding carboxylic acids is 2. The Bertz CT molecular complexity index is 806. The van der Waals surface area contributed by atoms with Crippen LogP contribution in [0.15, 0.2) is 41.9 Å². The Morgan fingerprint density at radius 3 is 2.61 bits per heavy atom. The second kappa shape index (κ2) is 5.56. The van der Waals surface area contributed by atoms with E-state index in [9.17, 15) is 9.59 Å². The first-order chi connectivity index (χ1) is 11.0. The van der Waals surface area contributed by atoms with Gasteiger partial charge in [0.1, 0.15) is 12.4 Å². The third-order valence-corrected chi connectivity index (χ3v) is 3.61. The van der Waals surface area contributed by atoms with E-state index in [-0.39, 0.29) is 5.91 Å². The van der Waals surface area contributed by atoms with E-state index in [4.69, 9.17) is 5.73 Å². The number of nitrogens with two attached hydrogens (primary N) is 1. The highest BCUT2D eigenvalue weighted by Crippen LogP contribution is 2.34. The number of benzene rings is 1. The van der Waals surface area contributed by atoms with E-state index in [0.717, 1.165) is 5.56 Å². The summed E-state index contributed by atoms with van der Waals surface area (Å²) in [5.74, 6) is -0.123. The van der Waals surface area contributed by atoms with Gasteiger partial charge in [0.15, 0.2) is 0 Å². The highest BCUT2D eigenvalue weighted by molar-refractivity contribution is 5.95. The van der Waals surface area contributed by atoms with Gasteiger partial charge in [0.2, 0.25) is 17.8 Å². The number of nitrogens with zero attached hydrogens (tertiary/aromatic N) is 3. The molecule has 1 aliphatic heterocycles. The Morgan fingerprint density at radius 2 is 2.00 bits per heavy atom. The summed E-state index contributed by atoms with van der Waals surface area (Å²) in [5, 5.41) is 9.91. The molecule has 4 N–H and O–H groups in total. The molecule has 8 heteroatoms. The monoisotopic (exact) mass is 312 g/mol. The number of allylic oxidation sites excluding steroid dienone is 1. The Hall–Kier alpha value is -3.16. The van der Waals surface area contributed by atoms with Crippen LogP contribution in [-0.4, -0.2) is 26.6 Å². The van der Waals surface area contributed by atoms with Crippen molar-refractivity contribution >= 4 is 23.5 Å². The third-order valence-electron chi connectivity index (χ3n) is 3.61. The highest BCUT2D eigenvalue weighted by Gasteiger charge is 2.32. The fraction of sp³-hybridized carbons (Fsp3) is 0.200. The van der Waals surface area contributed by atoms with Gasteiger partial charge in [-0.15, -0.1) is 0 Å². The van der Waals surface area contributed by atoms with Crippen molar-refractivity contribution in [1.29, 1.82) is 0 Å². The zero-order valence-electron chi connectivity index (χ0n) is 12.7. The number of carbonyl (C=O) groups is 2. The first kappa shape index (κ1) is 14.8. The Labute approximate surface area is 132 Å². The number of primary amides is 1. The maximum Gasteiger partial charge on any atom is 0.248 e. The van der Waals surface area contributed by atoms with Crippen LogP contribution >= 0.6 is 0 Å². The van der Waals surface area contributed by atoms with Crippen LogP contribution < -0.4 is 16.4 Å². The second-order valence-corrected chi connectivity index (χ2v) is 5.26. The average Bonchev–Trinajstić information content (AvgIpc) is 2.93. The van der Waals surface area contributed by atoms with Crippen LogP contribution in [0.5, 0.6) is 0 Å². The summed E-state index contributed by atoms with van der Waals surface area (Å²) in [6.07, 6.45) is 1.41. The first-order valence-corrected chi connectivity index (χ1v) is 7.02. The number of hydrogen-bond acceptors (Lipinski definition) is 5. The fourth-order valence-corrected chi connectivity index (χ4v) is 2.67. The molecule has 0 saturated carbocycles. The van der Waals surface area contributed by atoms with Crippen molar-refractivity contribution in [3.63, 3.8) is 0 Å². The van der Waals surface area contributed by atoms with Gasteiger partial charge in [-0.25, -0.2) is 4.68 Å². The summed E-state index contributed by atoms with van der Waals surface area (Å²) in [4.78, 5) is 27.1. The van der Waals surface area contributed by atoms with E-state index in [1.807, 2.05) is 12.1 Å². The lowest BCUT2D eigenvalue weighted by Gasteiger charge is -2.27. The molecule has 8 nitrogen and oxygen atoms in total. The van der Waals surface area contributed by atoms with Gasteiger partial charge in [-0.1, -0.05) is 12.1 Å². The molecule has 0 fully saturated rings. The molecule has 1 atom stereocenters. The molecule has 2 heterocycles. The lowest BCUT2D eigenvalue weighted by Crippen LogP contribution is -2.31. The van der Waals surface area contributed by atoms with Gasteiger partial charge >= 0.3 is 0 Å². The van der Waals surface area contributed by atoms with Crippen molar-refractivity contribution < 1.29 is 9.59 Å². The Kier molecular flexibility index (Phi) is 3.57. The van der Waals surface area contributed by atoms with Crippen molar-refractivity contribution in [3.05, 3.63) is 47.4 Å².